The van der Waals surface area contributed by atoms with Gasteiger partial charge in [-0.25, -0.2) is 0 Å². The molecule has 0 saturated heterocycles. The molecule has 3 aromatic carbocycles. The molecule has 0 radical (unpaired) electrons. The van der Waals surface area contributed by atoms with E-state index in [0.717, 1.165) is 17.2 Å². The van der Waals surface area contributed by atoms with Crippen molar-refractivity contribution in [3.63, 3.8) is 0 Å². The first-order chi connectivity index (χ1) is 14.0. The number of ether oxygens (including phenoxy) is 1. The first kappa shape index (κ1) is 19.0. The first-order valence-electron chi connectivity index (χ1n) is 9.96. The van der Waals surface area contributed by atoms with E-state index < -0.39 is 0 Å². The highest BCUT2D eigenvalue weighted by Gasteiger charge is 2.24. The Bertz CT molecular complexity index is 1150. The van der Waals surface area contributed by atoms with Crippen molar-refractivity contribution in [3.8, 4) is 22.9 Å². The quantitative estimate of drug-likeness (QED) is 0.390. The summed E-state index contributed by atoms with van der Waals surface area (Å²) in [6, 6.07) is 22.6. The van der Waals surface area contributed by atoms with E-state index in [4.69, 9.17) is 4.74 Å². The second kappa shape index (κ2) is 7.59. The molecule has 146 valence electrons. The predicted molar refractivity (Wildman–Crippen MR) is 118 cm³/mol. The van der Waals surface area contributed by atoms with Gasteiger partial charge >= 0.3 is 0 Å². The van der Waals surface area contributed by atoms with E-state index >= 15 is 0 Å². The number of hydrogen-bond donors (Lipinski definition) is 0. The Hall–Kier alpha value is -3.33. The molecule has 1 heterocycles. The molecule has 0 aliphatic rings. The first-order valence-corrected chi connectivity index (χ1v) is 9.96. The maximum atomic E-state index is 6.21. The van der Waals surface area contributed by atoms with Crippen LogP contribution in [0.15, 0.2) is 73.1 Å². The van der Waals surface area contributed by atoms with Crippen LogP contribution in [0, 0.1) is 34.6 Å². The van der Waals surface area contributed by atoms with Gasteiger partial charge in [0, 0.05) is 13.8 Å². The van der Waals surface area contributed by atoms with Gasteiger partial charge in [0.2, 0.25) is 0 Å². The zero-order chi connectivity index (χ0) is 20.5. The minimum atomic E-state index is 0.833. The van der Waals surface area contributed by atoms with E-state index in [2.05, 4.69) is 74.3 Å². The standard InChI is InChI=1S/C26H27N2O/c1-18-15-19(2)26(20(3)16-18)28-17-27(21(4)22(28)5)24-13-9-10-14-25(24)29-23-11-7-6-8-12-23/h6-17H,1-5H3/q+1. The molecule has 0 bridgehead atoms. The van der Waals surface area contributed by atoms with Crippen molar-refractivity contribution in [2.45, 2.75) is 34.6 Å². The Morgan fingerprint density at radius 1 is 0.759 bits per heavy atom. The van der Waals surface area contributed by atoms with Gasteiger partial charge in [0.15, 0.2) is 11.4 Å². The number of nitrogens with zero attached hydrogens (tertiary/aromatic N) is 2. The van der Waals surface area contributed by atoms with Crippen LogP contribution in [0.2, 0.25) is 0 Å². The summed E-state index contributed by atoms with van der Waals surface area (Å²) in [7, 11) is 0. The Morgan fingerprint density at radius 2 is 1.38 bits per heavy atom. The SMILES string of the molecule is Cc1cc(C)c(-[n+]2cn(-c3ccccc3Oc3ccccc3)c(C)c2C)c(C)c1. The van der Waals surface area contributed by atoms with Gasteiger partial charge in [-0.05, 0) is 56.2 Å². The number of aryl methyl sites for hydroxylation is 3. The molecule has 0 amide bonds. The van der Waals surface area contributed by atoms with Crippen LogP contribution in [0.5, 0.6) is 11.5 Å². The maximum Gasteiger partial charge on any atom is 0.254 e. The highest BCUT2D eigenvalue weighted by atomic mass is 16.5. The van der Waals surface area contributed by atoms with E-state index in [1.54, 1.807) is 0 Å². The summed E-state index contributed by atoms with van der Waals surface area (Å²) in [5, 5.41) is 0. The van der Waals surface area contributed by atoms with Gasteiger partial charge in [-0.3, -0.25) is 0 Å². The van der Waals surface area contributed by atoms with Crippen LogP contribution in [0.25, 0.3) is 11.4 Å². The summed E-state index contributed by atoms with van der Waals surface area (Å²) in [5.74, 6) is 1.67. The summed E-state index contributed by atoms with van der Waals surface area (Å²) in [6.07, 6.45) is 2.17. The lowest BCUT2D eigenvalue weighted by Gasteiger charge is -2.09. The fourth-order valence-electron chi connectivity index (χ4n) is 4.02. The monoisotopic (exact) mass is 383 g/mol. The van der Waals surface area contributed by atoms with E-state index in [1.807, 2.05) is 42.5 Å². The Labute approximate surface area is 172 Å². The molecule has 0 saturated carbocycles. The Balaban J connectivity index is 1.84. The average Bonchev–Trinajstić information content (AvgIpc) is 2.97. The second-order valence-corrected chi connectivity index (χ2v) is 7.66. The third-order valence-corrected chi connectivity index (χ3v) is 5.45. The van der Waals surface area contributed by atoms with Crippen LogP contribution in [-0.4, -0.2) is 4.57 Å². The summed E-state index contributed by atoms with van der Waals surface area (Å²) >= 11 is 0. The summed E-state index contributed by atoms with van der Waals surface area (Å²) in [5.41, 5.74) is 8.53. The number of para-hydroxylation sites is 3. The van der Waals surface area contributed by atoms with Crippen LogP contribution in [0.1, 0.15) is 28.1 Å². The normalized spacial score (nSPS) is 10.9. The minimum Gasteiger partial charge on any atom is -0.453 e. The van der Waals surface area contributed by atoms with Crippen molar-refractivity contribution < 1.29 is 9.30 Å². The molecule has 0 spiro atoms. The van der Waals surface area contributed by atoms with Gasteiger partial charge in [-0.2, -0.15) is 9.13 Å². The third kappa shape index (κ3) is 3.56. The van der Waals surface area contributed by atoms with Gasteiger partial charge in [0.25, 0.3) is 6.33 Å². The van der Waals surface area contributed by atoms with E-state index in [1.165, 1.54) is 33.8 Å². The zero-order valence-corrected chi connectivity index (χ0v) is 17.7. The van der Waals surface area contributed by atoms with Crippen molar-refractivity contribution in [1.82, 2.24) is 4.57 Å². The smallest absolute Gasteiger partial charge is 0.254 e. The molecule has 0 unspecified atom stereocenters. The molecule has 0 atom stereocenters. The fraction of sp³-hybridized carbons (Fsp3) is 0.192. The number of benzene rings is 3. The zero-order valence-electron chi connectivity index (χ0n) is 17.7. The molecule has 0 aliphatic carbocycles. The summed E-state index contributed by atoms with van der Waals surface area (Å²) < 4.78 is 10.7. The molecular weight excluding hydrogens is 356 g/mol. The largest absolute Gasteiger partial charge is 0.453 e. The predicted octanol–water partition coefficient (Wildman–Crippen LogP) is 6.09. The van der Waals surface area contributed by atoms with Crippen molar-refractivity contribution in [3.05, 3.63) is 101 Å². The van der Waals surface area contributed by atoms with Gasteiger partial charge in [-0.15, -0.1) is 0 Å². The highest BCUT2D eigenvalue weighted by Crippen LogP contribution is 2.29. The van der Waals surface area contributed by atoms with Crippen LogP contribution in [0.3, 0.4) is 0 Å². The van der Waals surface area contributed by atoms with Crippen molar-refractivity contribution >= 4 is 0 Å². The summed E-state index contributed by atoms with van der Waals surface area (Å²) in [6.45, 7) is 10.8. The molecule has 0 N–H and O–H groups in total. The van der Waals surface area contributed by atoms with Crippen molar-refractivity contribution in [2.75, 3.05) is 0 Å². The lowest BCUT2D eigenvalue weighted by Crippen LogP contribution is -2.33. The minimum absolute atomic E-state index is 0.833. The topological polar surface area (TPSA) is 18.0 Å². The Morgan fingerprint density at radius 3 is 2.07 bits per heavy atom. The maximum absolute atomic E-state index is 6.21. The van der Waals surface area contributed by atoms with E-state index in [0.29, 0.717) is 0 Å². The number of aromatic nitrogens is 2. The van der Waals surface area contributed by atoms with Crippen molar-refractivity contribution in [1.29, 1.82) is 0 Å². The lowest BCUT2D eigenvalue weighted by molar-refractivity contribution is -0.602. The molecule has 0 aliphatic heterocycles. The van der Waals surface area contributed by atoms with Gasteiger partial charge in [0.1, 0.15) is 22.8 Å². The molecule has 1 aromatic heterocycles. The highest BCUT2D eigenvalue weighted by molar-refractivity contribution is 5.50. The Kier molecular flexibility index (Phi) is 4.98. The molecule has 3 heteroatoms. The summed E-state index contributed by atoms with van der Waals surface area (Å²) in [4.78, 5) is 0. The van der Waals surface area contributed by atoms with E-state index in [9.17, 15) is 0 Å². The van der Waals surface area contributed by atoms with Gasteiger partial charge < -0.3 is 4.74 Å². The average molecular weight is 384 g/mol. The number of rotatable bonds is 4. The van der Waals surface area contributed by atoms with E-state index in [-0.39, 0.29) is 0 Å². The van der Waals surface area contributed by atoms with Crippen LogP contribution < -0.4 is 9.30 Å². The van der Waals surface area contributed by atoms with Crippen molar-refractivity contribution in [2.24, 2.45) is 0 Å². The molecule has 3 nitrogen and oxygen atoms in total. The second-order valence-electron chi connectivity index (χ2n) is 7.66. The molecule has 4 aromatic rings. The van der Waals surface area contributed by atoms with Gasteiger partial charge in [0.05, 0.1) is 0 Å². The molecule has 4 rings (SSSR count). The fourth-order valence-corrected chi connectivity index (χ4v) is 4.02. The molecule has 29 heavy (non-hydrogen) atoms. The van der Waals surface area contributed by atoms with Crippen LogP contribution in [0.4, 0.5) is 0 Å². The molecular formula is C26H27N2O+. The third-order valence-electron chi connectivity index (χ3n) is 5.45. The van der Waals surface area contributed by atoms with Crippen LogP contribution >= 0.6 is 0 Å². The number of imidazole rings is 1. The number of hydrogen-bond acceptors (Lipinski definition) is 1. The lowest BCUT2D eigenvalue weighted by atomic mass is 10.0. The molecule has 0 fully saturated rings. The van der Waals surface area contributed by atoms with Crippen LogP contribution in [-0.2, 0) is 0 Å². The van der Waals surface area contributed by atoms with Gasteiger partial charge in [-0.1, -0.05) is 48.0 Å².